The number of nitrogens with zero attached hydrogens (tertiary/aromatic N) is 1. The maximum atomic E-state index is 13.2. The standard InChI is InChI=1S/C19H21F3N2O2/c1-11-4-5-13(19(20,21)22)12(6-11)16(26)24-9-18(10-24)7-14(23)15(25)17(2,3)8-18/h4-7H,8-10,23H2,1-3H3. The number of rotatable bonds is 1. The van der Waals surface area contributed by atoms with E-state index >= 15 is 0 Å². The van der Waals surface area contributed by atoms with Gasteiger partial charge in [-0.15, -0.1) is 0 Å². The second-order valence-corrected chi connectivity index (χ2v) is 8.06. The van der Waals surface area contributed by atoms with Gasteiger partial charge in [0.1, 0.15) is 0 Å². The summed E-state index contributed by atoms with van der Waals surface area (Å²) in [6.45, 7) is 5.75. The number of carbonyl (C=O) groups excluding carboxylic acids is 2. The number of amides is 1. The van der Waals surface area contributed by atoms with E-state index < -0.39 is 28.5 Å². The zero-order chi connectivity index (χ0) is 19.5. The van der Waals surface area contributed by atoms with Crippen molar-refractivity contribution < 1.29 is 22.8 Å². The molecule has 1 aliphatic carbocycles. The zero-order valence-electron chi connectivity index (χ0n) is 14.9. The zero-order valence-corrected chi connectivity index (χ0v) is 14.9. The van der Waals surface area contributed by atoms with Gasteiger partial charge in [0.25, 0.3) is 5.91 Å². The Labute approximate surface area is 149 Å². The third-order valence-electron chi connectivity index (χ3n) is 5.14. The van der Waals surface area contributed by atoms with Gasteiger partial charge in [-0.05, 0) is 31.6 Å². The van der Waals surface area contributed by atoms with Crippen molar-refractivity contribution in [2.75, 3.05) is 13.1 Å². The Bertz CT molecular complexity index is 819. The monoisotopic (exact) mass is 366 g/mol. The molecule has 1 aromatic carbocycles. The lowest BCUT2D eigenvalue weighted by Crippen LogP contribution is -2.61. The summed E-state index contributed by atoms with van der Waals surface area (Å²) in [6.07, 6.45) is -2.40. The van der Waals surface area contributed by atoms with Crippen LogP contribution in [0.4, 0.5) is 13.2 Å². The molecule has 2 aliphatic rings. The maximum Gasteiger partial charge on any atom is 0.417 e. The maximum absolute atomic E-state index is 13.2. The molecule has 3 rings (SSSR count). The van der Waals surface area contributed by atoms with E-state index in [1.54, 1.807) is 26.8 Å². The van der Waals surface area contributed by atoms with E-state index in [4.69, 9.17) is 5.73 Å². The molecule has 0 aromatic heterocycles. The summed E-state index contributed by atoms with van der Waals surface area (Å²) in [7, 11) is 0. The molecule has 140 valence electrons. The molecule has 1 amide bonds. The van der Waals surface area contributed by atoms with Crippen LogP contribution in [-0.2, 0) is 11.0 Å². The van der Waals surface area contributed by atoms with Crippen LogP contribution < -0.4 is 5.73 Å². The van der Waals surface area contributed by atoms with Crippen molar-refractivity contribution in [3.63, 3.8) is 0 Å². The molecule has 7 heteroatoms. The number of carbonyl (C=O) groups is 2. The fourth-order valence-corrected chi connectivity index (χ4v) is 4.11. The number of aryl methyl sites for hydroxylation is 1. The number of likely N-dealkylation sites (tertiary alicyclic amines) is 1. The second kappa shape index (κ2) is 5.59. The van der Waals surface area contributed by atoms with Crippen LogP contribution in [0.15, 0.2) is 30.0 Å². The lowest BCUT2D eigenvalue weighted by Gasteiger charge is -2.53. The number of Topliss-reactive ketones (excluding diaryl/α,β-unsaturated/α-hetero) is 1. The number of nitrogens with two attached hydrogens (primary N) is 1. The van der Waals surface area contributed by atoms with Crippen LogP contribution in [0.2, 0.25) is 0 Å². The van der Waals surface area contributed by atoms with Crippen LogP contribution in [0, 0.1) is 17.8 Å². The average Bonchev–Trinajstić information content (AvgIpc) is 2.47. The van der Waals surface area contributed by atoms with Gasteiger partial charge < -0.3 is 10.6 Å². The van der Waals surface area contributed by atoms with E-state index in [0.29, 0.717) is 12.0 Å². The van der Waals surface area contributed by atoms with E-state index in [1.165, 1.54) is 17.0 Å². The van der Waals surface area contributed by atoms with Crippen LogP contribution in [0.1, 0.15) is 41.8 Å². The van der Waals surface area contributed by atoms with E-state index in [0.717, 1.165) is 6.07 Å². The molecule has 0 unspecified atom stereocenters. The number of ketones is 1. The second-order valence-electron chi connectivity index (χ2n) is 8.06. The van der Waals surface area contributed by atoms with E-state index in [-0.39, 0.29) is 30.1 Å². The van der Waals surface area contributed by atoms with Crippen LogP contribution in [0.25, 0.3) is 0 Å². The number of allylic oxidation sites excluding steroid dienone is 1. The normalized spacial score (nSPS) is 21.4. The summed E-state index contributed by atoms with van der Waals surface area (Å²) in [5, 5.41) is 0. The van der Waals surface area contributed by atoms with Crippen LogP contribution >= 0.6 is 0 Å². The van der Waals surface area contributed by atoms with E-state index in [2.05, 4.69) is 0 Å². The van der Waals surface area contributed by atoms with Crippen molar-refractivity contribution in [1.29, 1.82) is 0 Å². The first kappa shape index (κ1) is 18.5. The molecule has 2 N–H and O–H groups in total. The van der Waals surface area contributed by atoms with Crippen molar-refractivity contribution in [1.82, 2.24) is 4.90 Å². The number of hydrogen-bond donors (Lipinski definition) is 1. The summed E-state index contributed by atoms with van der Waals surface area (Å²) in [5.41, 5.74) is 4.23. The molecule has 0 saturated carbocycles. The van der Waals surface area contributed by atoms with Gasteiger partial charge in [0.2, 0.25) is 0 Å². The molecule has 4 nitrogen and oxygen atoms in total. The van der Waals surface area contributed by atoms with Gasteiger partial charge in [-0.1, -0.05) is 25.5 Å². The molecule has 1 heterocycles. The van der Waals surface area contributed by atoms with Crippen molar-refractivity contribution in [2.24, 2.45) is 16.6 Å². The minimum Gasteiger partial charge on any atom is -0.396 e. The number of halogens is 3. The van der Waals surface area contributed by atoms with E-state index in [1.807, 2.05) is 0 Å². The Hall–Kier alpha value is -2.31. The molecule has 1 fully saturated rings. The minimum atomic E-state index is -4.59. The van der Waals surface area contributed by atoms with Crippen molar-refractivity contribution in [2.45, 2.75) is 33.4 Å². The predicted molar refractivity (Wildman–Crippen MR) is 90.2 cm³/mol. The fraction of sp³-hybridized carbons (Fsp3) is 0.474. The molecular weight excluding hydrogens is 345 g/mol. The van der Waals surface area contributed by atoms with E-state index in [9.17, 15) is 22.8 Å². The molecular formula is C19H21F3N2O2. The van der Waals surface area contributed by atoms with Gasteiger partial charge in [-0.3, -0.25) is 9.59 Å². The van der Waals surface area contributed by atoms with Crippen LogP contribution in [-0.4, -0.2) is 29.7 Å². The average molecular weight is 366 g/mol. The largest absolute Gasteiger partial charge is 0.417 e. The summed E-state index contributed by atoms with van der Waals surface area (Å²) < 4.78 is 39.7. The van der Waals surface area contributed by atoms with Crippen molar-refractivity contribution >= 4 is 11.7 Å². The van der Waals surface area contributed by atoms with Gasteiger partial charge in [-0.2, -0.15) is 13.2 Å². The first-order chi connectivity index (χ1) is 11.8. The predicted octanol–water partition coefficient (Wildman–Crippen LogP) is 3.30. The highest BCUT2D eigenvalue weighted by Crippen LogP contribution is 2.48. The summed E-state index contributed by atoms with van der Waals surface area (Å²) in [4.78, 5) is 26.2. The van der Waals surface area contributed by atoms with Gasteiger partial charge in [-0.25, -0.2) is 0 Å². The Morgan fingerprint density at radius 3 is 2.38 bits per heavy atom. The van der Waals surface area contributed by atoms with Crippen molar-refractivity contribution in [3.8, 4) is 0 Å². The van der Waals surface area contributed by atoms with Gasteiger partial charge in [0.15, 0.2) is 5.78 Å². The van der Waals surface area contributed by atoms with Gasteiger partial charge in [0, 0.05) is 23.9 Å². The lowest BCUT2D eigenvalue weighted by molar-refractivity contribution is -0.138. The fourth-order valence-electron chi connectivity index (χ4n) is 4.11. The first-order valence-corrected chi connectivity index (χ1v) is 8.35. The smallest absolute Gasteiger partial charge is 0.396 e. The Kier molecular flexibility index (Phi) is 3.97. The molecule has 26 heavy (non-hydrogen) atoms. The number of hydrogen-bond acceptors (Lipinski definition) is 3. The first-order valence-electron chi connectivity index (χ1n) is 8.35. The highest BCUT2D eigenvalue weighted by atomic mass is 19.4. The van der Waals surface area contributed by atoms with Crippen molar-refractivity contribution in [3.05, 3.63) is 46.7 Å². The Morgan fingerprint density at radius 2 is 1.85 bits per heavy atom. The summed E-state index contributed by atoms with van der Waals surface area (Å²) >= 11 is 0. The topological polar surface area (TPSA) is 63.4 Å². The lowest BCUT2D eigenvalue weighted by atomic mass is 9.62. The molecule has 1 spiro atoms. The third-order valence-corrected chi connectivity index (χ3v) is 5.14. The molecule has 1 aliphatic heterocycles. The third kappa shape index (κ3) is 2.99. The molecule has 0 bridgehead atoms. The van der Waals surface area contributed by atoms with Gasteiger partial charge in [0.05, 0.1) is 16.8 Å². The Morgan fingerprint density at radius 1 is 1.23 bits per heavy atom. The highest BCUT2D eigenvalue weighted by molar-refractivity contribution is 6.00. The molecule has 0 atom stereocenters. The van der Waals surface area contributed by atoms with Crippen LogP contribution in [0.3, 0.4) is 0 Å². The molecule has 1 saturated heterocycles. The molecule has 1 aromatic rings. The quantitative estimate of drug-likeness (QED) is 0.830. The number of benzene rings is 1. The number of alkyl halides is 3. The SMILES string of the molecule is Cc1ccc(C(F)(F)F)c(C(=O)N2CC3(C=C(N)C(=O)C(C)(C)C3)C2)c1. The Balaban J connectivity index is 1.86. The minimum absolute atomic E-state index is 0.133. The summed E-state index contributed by atoms with van der Waals surface area (Å²) in [5.74, 6) is -0.778. The highest BCUT2D eigenvalue weighted by Gasteiger charge is 2.52. The summed E-state index contributed by atoms with van der Waals surface area (Å²) in [6, 6.07) is 3.56. The van der Waals surface area contributed by atoms with Crippen LogP contribution in [0.5, 0.6) is 0 Å². The van der Waals surface area contributed by atoms with Gasteiger partial charge >= 0.3 is 6.18 Å². The molecule has 0 radical (unpaired) electrons.